The van der Waals surface area contributed by atoms with Gasteiger partial charge in [-0.1, -0.05) is 30.3 Å². The maximum Gasteiger partial charge on any atom is 0.239 e. The van der Waals surface area contributed by atoms with Gasteiger partial charge in [0.2, 0.25) is 5.91 Å². The predicted molar refractivity (Wildman–Crippen MR) is 81.2 cm³/mol. The van der Waals surface area contributed by atoms with Crippen LogP contribution in [0.4, 0.5) is 0 Å². The van der Waals surface area contributed by atoms with Crippen LogP contribution in [-0.2, 0) is 11.3 Å². The molecule has 110 valence electrons. The van der Waals surface area contributed by atoms with Crippen molar-refractivity contribution in [1.29, 1.82) is 0 Å². The van der Waals surface area contributed by atoms with E-state index in [0.29, 0.717) is 0 Å². The molecule has 1 aromatic carbocycles. The molecule has 0 aliphatic carbocycles. The van der Waals surface area contributed by atoms with Crippen molar-refractivity contribution in [3.8, 4) is 0 Å². The zero-order valence-electron chi connectivity index (χ0n) is 12.5. The Kier molecular flexibility index (Phi) is 5.15. The van der Waals surface area contributed by atoms with Crippen LogP contribution in [0.25, 0.3) is 0 Å². The average molecular weight is 275 g/mol. The molecular formula is C16H25N3O. The SMILES string of the molecule is C[C@@H](N)C(=O)N1CCCN(Cc2ccccc2)C[C@@H]1C. The van der Waals surface area contributed by atoms with Crippen molar-refractivity contribution in [2.24, 2.45) is 5.73 Å². The second kappa shape index (κ2) is 6.86. The molecule has 4 nitrogen and oxygen atoms in total. The maximum absolute atomic E-state index is 12.1. The molecule has 4 heteroatoms. The Hall–Kier alpha value is -1.39. The van der Waals surface area contributed by atoms with Gasteiger partial charge in [0, 0.05) is 32.2 Å². The Labute approximate surface area is 121 Å². The smallest absolute Gasteiger partial charge is 0.239 e. The van der Waals surface area contributed by atoms with Gasteiger partial charge >= 0.3 is 0 Å². The number of hydrogen-bond acceptors (Lipinski definition) is 3. The van der Waals surface area contributed by atoms with Gasteiger partial charge in [0.1, 0.15) is 0 Å². The van der Waals surface area contributed by atoms with Gasteiger partial charge in [-0.05, 0) is 25.8 Å². The predicted octanol–water partition coefficient (Wildman–Crippen LogP) is 1.46. The molecule has 2 N–H and O–H groups in total. The summed E-state index contributed by atoms with van der Waals surface area (Å²) in [5, 5.41) is 0. The zero-order chi connectivity index (χ0) is 14.5. The van der Waals surface area contributed by atoms with Crippen molar-refractivity contribution >= 4 is 5.91 Å². The largest absolute Gasteiger partial charge is 0.337 e. The Balaban J connectivity index is 1.98. The lowest BCUT2D eigenvalue weighted by molar-refractivity contribution is -0.134. The van der Waals surface area contributed by atoms with E-state index in [1.807, 2.05) is 11.0 Å². The minimum atomic E-state index is -0.405. The molecule has 0 spiro atoms. The molecule has 20 heavy (non-hydrogen) atoms. The molecule has 2 rings (SSSR count). The van der Waals surface area contributed by atoms with Gasteiger partial charge in [-0.15, -0.1) is 0 Å². The van der Waals surface area contributed by atoms with Crippen LogP contribution < -0.4 is 5.73 Å². The molecule has 2 atom stereocenters. The second-order valence-electron chi connectivity index (χ2n) is 5.74. The number of benzene rings is 1. The van der Waals surface area contributed by atoms with Gasteiger partial charge in [0.15, 0.2) is 0 Å². The number of rotatable bonds is 3. The normalized spacial score (nSPS) is 22.4. The van der Waals surface area contributed by atoms with Crippen LogP contribution in [0, 0.1) is 0 Å². The van der Waals surface area contributed by atoms with Gasteiger partial charge < -0.3 is 10.6 Å². The van der Waals surface area contributed by atoms with E-state index in [0.717, 1.165) is 32.6 Å². The fourth-order valence-corrected chi connectivity index (χ4v) is 2.82. The minimum absolute atomic E-state index is 0.0686. The number of carbonyl (C=O) groups is 1. The quantitative estimate of drug-likeness (QED) is 0.908. The molecule has 1 aliphatic heterocycles. The fraction of sp³-hybridized carbons (Fsp3) is 0.562. The Morgan fingerprint density at radius 2 is 2.05 bits per heavy atom. The molecule has 1 amide bonds. The summed E-state index contributed by atoms with van der Waals surface area (Å²) in [6.07, 6.45) is 1.01. The van der Waals surface area contributed by atoms with Crippen LogP contribution in [0.2, 0.25) is 0 Å². The first-order valence-corrected chi connectivity index (χ1v) is 7.40. The van der Waals surface area contributed by atoms with E-state index in [2.05, 4.69) is 36.1 Å². The Bertz CT molecular complexity index is 433. The van der Waals surface area contributed by atoms with E-state index < -0.39 is 6.04 Å². The first-order chi connectivity index (χ1) is 9.58. The van der Waals surface area contributed by atoms with E-state index >= 15 is 0 Å². The summed E-state index contributed by atoms with van der Waals surface area (Å²) in [7, 11) is 0. The molecule has 0 radical (unpaired) electrons. The lowest BCUT2D eigenvalue weighted by atomic mass is 10.2. The molecule has 1 aliphatic rings. The fourth-order valence-electron chi connectivity index (χ4n) is 2.82. The highest BCUT2D eigenvalue weighted by molar-refractivity contribution is 5.81. The third-order valence-corrected chi connectivity index (χ3v) is 3.85. The Morgan fingerprint density at radius 1 is 1.35 bits per heavy atom. The van der Waals surface area contributed by atoms with Crippen molar-refractivity contribution in [1.82, 2.24) is 9.80 Å². The molecule has 0 aromatic heterocycles. The highest BCUT2D eigenvalue weighted by Gasteiger charge is 2.26. The van der Waals surface area contributed by atoms with Crippen molar-refractivity contribution in [2.45, 2.75) is 38.9 Å². The van der Waals surface area contributed by atoms with Gasteiger partial charge in [-0.3, -0.25) is 9.69 Å². The minimum Gasteiger partial charge on any atom is -0.337 e. The van der Waals surface area contributed by atoms with Gasteiger partial charge in [0.05, 0.1) is 6.04 Å². The summed E-state index contributed by atoms with van der Waals surface area (Å²) in [6, 6.07) is 10.3. The number of hydrogen-bond donors (Lipinski definition) is 1. The van der Waals surface area contributed by atoms with Crippen molar-refractivity contribution in [3.63, 3.8) is 0 Å². The van der Waals surface area contributed by atoms with Gasteiger partial charge in [0.25, 0.3) is 0 Å². The standard InChI is InChI=1S/C16H25N3O/c1-13-11-18(12-15-7-4-3-5-8-15)9-6-10-19(13)16(20)14(2)17/h3-5,7-8,13-14H,6,9-12,17H2,1-2H3/t13-,14+/m0/s1. The monoisotopic (exact) mass is 275 g/mol. The summed E-state index contributed by atoms with van der Waals surface area (Å²) < 4.78 is 0. The Morgan fingerprint density at radius 3 is 2.70 bits per heavy atom. The van der Waals surface area contributed by atoms with Gasteiger partial charge in [-0.25, -0.2) is 0 Å². The number of nitrogens with two attached hydrogens (primary N) is 1. The lowest BCUT2D eigenvalue weighted by Crippen LogP contribution is -2.48. The summed E-state index contributed by atoms with van der Waals surface area (Å²) in [5.41, 5.74) is 7.06. The first-order valence-electron chi connectivity index (χ1n) is 7.40. The van der Waals surface area contributed by atoms with Crippen LogP contribution in [0.1, 0.15) is 25.8 Å². The third-order valence-electron chi connectivity index (χ3n) is 3.85. The summed E-state index contributed by atoms with van der Waals surface area (Å²) in [5.74, 6) is 0.0686. The molecule has 1 aromatic rings. The highest BCUT2D eigenvalue weighted by atomic mass is 16.2. The molecule has 1 saturated heterocycles. The van der Waals surface area contributed by atoms with E-state index in [-0.39, 0.29) is 11.9 Å². The van der Waals surface area contributed by atoms with E-state index in [4.69, 9.17) is 5.73 Å². The second-order valence-corrected chi connectivity index (χ2v) is 5.74. The van der Waals surface area contributed by atoms with E-state index in [9.17, 15) is 4.79 Å². The van der Waals surface area contributed by atoms with E-state index in [1.165, 1.54) is 5.56 Å². The maximum atomic E-state index is 12.1. The van der Waals surface area contributed by atoms with Crippen LogP contribution in [-0.4, -0.2) is 47.4 Å². The summed E-state index contributed by atoms with van der Waals surface area (Å²) >= 11 is 0. The van der Waals surface area contributed by atoms with Crippen LogP contribution >= 0.6 is 0 Å². The first kappa shape index (κ1) is 15.0. The molecule has 1 heterocycles. The number of nitrogens with zero attached hydrogens (tertiary/aromatic N) is 2. The van der Waals surface area contributed by atoms with E-state index in [1.54, 1.807) is 6.92 Å². The molecule has 0 saturated carbocycles. The van der Waals surface area contributed by atoms with Crippen LogP contribution in [0.5, 0.6) is 0 Å². The van der Waals surface area contributed by atoms with Gasteiger partial charge in [-0.2, -0.15) is 0 Å². The topological polar surface area (TPSA) is 49.6 Å². The number of amides is 1. The van der Waals surface area contributed by atoms with Crippen LogP contribution in [0.15, 0.2) is 30.3 Å². The molecule has 0 bridgehead atoms. The van der Waals surface area contributed by atoms with Crippen molar-refractivity contribution in [3.05, 3.63) is 35.9 Å². The molecule has 0 unspecified atom stereocenters. The van der Waals surface area contributed by atoms with Crippen molar-refractivity contribution in [2.75, 3.05) is 19.6 Å². The third kappa shape index (κ3) is 3.81. The average Bonchev–Trinajstić information content (AvgIpc) is 2.60. The number of carbonyl (C=O) groups excluding carboxylic acids is 1. The zero-order valence-corrected chi connectivity index (χ0v) is 12.5. The summed E-state index contributed by atoms with van der Waals surface area (Å²) in [6.45, 7) is 7.58. The van der Waals surface area contributed by atoms with Crippen molar-refractivity contribution < 1.29 is 4.79 Å². The molecule has 1 fully saturated rings. The summed E-state index contributed by atoms with van der Waals surface area (Å²) in [4.78, 5) is 16.5. The van der Waals surface area contributed by atoms with Crippen LogP contribution in [0.3, 0.4) is 0 Å². The highest BCUT2D eigenvalue weighted by Crippen LogP contribution is 2.14. The lowest BCUT2D eigenvalue weighted by Gasteiger charge is -2.30. The molecular weight excluding hydrogens is 250 g/mol.